The van der Waals surface area contributed by atoms with Gasteiger partial charge in [0.25, 0.3) is 0 Å². The Labute approximate surface area is 189 Å². The number of halogens is 2. The van der Waals surface area contributed by atoms with Gasteiger partial charge in [-0.2, -0.15) is 0 Å². The number of carbonyl (C=O) groups is 3. The molecule has 2 aliphatic rings. The highest BCUT2D eigenvalue weighted by molar-refractivity contribution is 5.91. The lowest BCUT2D eigenvalue weighted by Crippen LogP contribution is -2.51. The summed E-state index contributed by atoms with van der Waals surface area (Å²) >= 11 is 0. The van der Waals surface area contributed by atoms with E-state index < -0.39 is 23.7 Å². The number of fused-ring (bicyclic) bond motifs is 2. The molecule has 33 heavy (non-hydrogen) atoms. The van der Waals surface area contributed by atoms with E-state index in [9.17, 15) is 23.2 Å². The summed E-state index contributed by atoms with van der Waals surface area (Å²) in [6.07, 6.45) is 1.34. The molecule has 1 aliphatic carbocycles. The van der Waals surface area contributed by atoms with Crippen LogP contribution in [0.2, 0.25) is 0 Å². The Morgan fingerprint density at radius 2 is 1.79 bits per heavy atom. The SMILES string of the molecule is O=C(O)CCC(=O)NC1c2ccccc2N(C(=O)OCc2cc(F)cc(F)c2)C2CCCC12. The van der Waals surface area contributed by atoms with Crippen LogP contribution >= 0.6 is 0 Å². The molecule has 4 rings (SSSR count). The Bertz CT molecular complexity index is 1060. The number of nitrogens with zero attached hydrogens (tertiary/aromatic N) is 1. The number of hydrogen-bond acceptors (Lipinski definition) is 4. The van der Waals surface area contributed by atoms with E-state index in [1.54, 1.807) is 17.0 Å². The Kier molecular flexibility index (Phi) is 6.57. The maximum absolute atomic E-state index is 13.5. The maximum atomic E-state index is 13.5. The van der Waals surface area contributed by atoms with Crippen LogP contribution in [0.4, 0.5) is 19.3 Å². The number of benzene rings is 2. The van der Waals surface area contributed by atoms with Crippen molar-refractivity contribution in [3.63, 3.8) is 0 Å². The van der Waals surface area contributed by atoms with Gasteiger partial charge in [-0.3, -0.25) is 14.5 Å². The Morgan fingerprint density at radius 3 is 2.52 bits per heavy atom. The zero-order valence-corrected chi connectivity index (χ0v) is 17.8. The molecule has 3 atom stereocenters. The van der Waals surface area contributed by atoms with Gasteiger partial charge in [0, 0.05) is 24.4 Å². The van der Waals surface area contributed by atoms with Gasteiger partial charge in [0.15, 0.2) is 0 Å². The van der Waals surface area contributed by atoms with Crippen molar-refractivity contribution < 1.29 is 33.0 Å². The van der Waals surface area contributed by atoms with Gasteiger partial charge < -0.3 is 15.2 Å². The molecule has 0 radical (unpaired) electrons. The highest BCUT2D eigenvalue weighted by Crippen LogP contribution is 2.48. The number of ether oxygens (including phenoxy) is 1. The van der Waals surface area contributed by atoms with Gasteiger partial charge in [0.1, 0.15) is 18.2 Å². The van der Waals surface area contributed by atoms with E-state index in [1.165, 1.54) is 0 Å². The van der Waals surface area contributed by atoms with Crippen molar-refractivity contribution in [1.29, 1.82) is 0 Å². The lowest BCUT2D eigenvalue weighted by molar-refractivity contribution is -0.139. The van der Waals surface area contributed by atoms with E-state index in [0.29, 0.717) is 12.1 Å². The molecule has 2 aromatic rings. The molecule has 174 valence electrons. The summed E-state index contributed by atoms with van der Waals surface area (Å²) in [6.45, 7) is -0.279. The zero-order valence-electron chi connectivity index (χ0n) is 17.8. The van der Waals surface area contributed by atoms with Gasteiger partial charge in [-0.25, -0.2) is 13.6 Å². The number of hydrogen-bond donors (Lipinski definition) is 2. The summed E-state index contributed by atoms with van der Waals surface area (Å²) in [7, 11) is 0. The third kappa shape index (κ3) is 4.97. The summed E-state index contributed by atoms with van der Waals surface area (Å²) in [5.74, 6) is -2.96. The quantitative estimate of drug-likeness (QED) is 0.673. The fourth-order valence-electron chi connectivity index (χ4n) is 4.85. The van der Waals surface area contributed by atoms with Crippen molar-refractivity contribution in [3.8, 4) is 0 Å². The lowest BCUT2D eigenvalue weighted by atomic mass is 9.83. The first-order valence-corrected chi connectivity index (χ1v) is 10.8. The molecule has 0 bridgehead atoms. The molecule has 2 aromatic carbocycles. The minimum Gasteiger partial charge on any atom is -0.481 e. The van der Waals surface area contributed by atoms with E-state index in [4.69, 9.17) is 9.84 Å². The van der Waals surface area contributed by atoms with E-state index in [1.807, 2.05) is 12.1 Å². The molecule has 2 amide bonds. The fraction of sp³-hybridized carbons (Fsp3) is 0.375. The highest BCUT2D eigenvalue weighted by atomic mass is 19.1. The summed E-state index contributed by atoms with van der Waals surface area (Å²) < 4.78 is 32.4. The molecule has 9 heteroatoms. The van der Waals surface area contributed by atoms with Crippen LogP contribution in [0, 0.1) is 17.6 Å². The van der Waals surface area contributed by atoms with Crippen molar-refractivity contribution in [2.24, 2.45) is 5.92 Å². The normalized spacial score (nSPS) is 21.2. The average Bonchev–Trinajstić information content (AvgIpc) is 3.25. The van der Waals surface area contributed by atoms with Crippen molar-refractivity contribution in [3.05, 3.63) is 65.2 Å². The van der Waals surface area contributed by atoms with E-state index >= 15 is 0 Å². The highest BCUT2D eigenvalue weighted by Gasteiger charge is 2.46. The standard InChI is InChI=1S/C24H24F2N2O5/c25-15-10-14(11-16(26)12-15)13-33-24(32)28-19-6-2-1-4-17(19)23(18-5-3-7-20(18)28)27-21(29)8-9-22(30)31/h1-2,4,6,10-12,18,20,23H,3,5,7-9,13H2,(H,27,29)(H,30,31). The first-order chi connectivity index (χ1) is 15.8. The summed E-state index contributed by atoms with van der Waals surface area (Å²) in [5, 5.41) is 11.8. The van der Waals surface area contributed by atoms with Crippen LogP contribution < -0.4 is 10.2 Å². The Hall–Kier alpha value is -3.49. The molecular formula is C24H24F2N2O5. The van der Waals surface area contributed by atoms with Crippen LogP contribution in [-0.2, 0) is 20.9 Å². The Morgan fingerprint density at radius 1 is 1.06 bits per heavy atom. The van der Waals surface area contributed by atoms with Gasteiger partial charge in [-0.05, 0) is 42.2 Å². The number of carbonyl (C=O) groups excluding carboxylic acids is 2. The first kappa shape index (κ1) is 22.7. The first-order valence-electron chi connectivity index (χ1n) is 10.8. The molecule has 1 heterocycles. The van der Waals surface area contributed by atoms with Gasteiger partial charge in [0.2, 0.25) is 5.91 Å². The molecule has 1 saturated carbocycles. The number of nitrogens with one attached hydrogen (secondary N) is 1. The minimum absolute atomic E-state index is 0.0622. The van der Waals surface area contributed by atoms with Crippen LogP contribution in [0.5, 0.6) is 0 Å². The third-order valence-electron chi connectivity index (χ3n) is 6.19. The van der Waals surface area contributed by atoms with Gasteiger partial charge in [0.05, 0.1) is 18.2 Å². The van der Waals surface area contributed by atoms with E-state index in [0.717, 1.165) is 36.6 Å². The predicted octanol–water partition coefficient (Wildman–Crippen LogP) is 4.31. The topological polar surface area (TPSA) is 95.9 Å². The molecule has 0 aromatic heterocycles. The number of amides is 2. The largest absolute Gasteiger partial charge is 0.481 e. The summed E-state index contributed by atoms with van der Waals surface area (Å²) in [5.41, 5.74) is 1.55. The fourth-order valence-corrected chi connectivity index (χ4v) is 4.85. The van der Waals surface area contributed by atoms with Crippen molar-refractivity contribution in [2.45, 2.75) is 50.8 Å². The summed E-state index contributed by atoms with van der Waals surface area (Å²) in [6, 6.07) is 9.59. The van der Waals surface area contributed by atoms with Crippen LogP contribution in [0.3, 0.4) is 0 Å². The number of carboxylic acids is 1. The molecule has 3 unspecified atom stereocenters. The van der Waals surface area contributed by atoms with Crippen LogP contribution in [0.15, 0.2) is 42.5 Å². The number of para-hydroxylation sites is 1. The van der Waals surface area contributed by atoms with E-state index in [2.05, 4.69) is 5.32 Å². The molecular weight excluding hydrogens is 434 g/mol. The monoisotopic (exact) mass is 458 g/mol. The van der Waals surface area contributed by atoms with Crippen LogP contribution in [-0.4, -0.2) is 29.1 Å². The molecule has 1 fully saturated rings. The number of aliphatic carboxylic acids is 1. The van der Waals surface area contributed by atoms with Gasteiger partial charge in [-0.1, -0.05) is 24.6 Å². The number of anilines is 1. The smallest absolute Gasteiger partial charge is 0.414 e. The lowest BCUT2D eigenvalue weighted by Gasteiger charge is -2.43. The second-order valence-electron chi connectivity index (χ2n) is 8.36. The second kappa shape index (κ2) is 9.56. The number of carboxylic acid groups (broad SMARTS) is 1. The average molecular weight is 458 g/mol. The van der Waals surface area contributed by atoms with Crippen LogP contribution in [0.25, 0.3) is 0 Å². The van der Waals surface area contributed by atoms with Crippen molar-refractivity contribution >= 4 is 23.7 Å². The third-order valence-corrected chi connectivity index (χ3v) is 6.19. The Balaban J connectivity index is 1.56. The molecule has 7 nitrogen and oxygen atoms in total. The molecule has 0 spiro atoms. The van der Waals surface area contributed by atoms with Gasteiger partial charge >= 0.3 is 12.1 Å². The van der Waals surface area contributed by atoms with Crippen molar-refractivity contribution in [2.75, 3.05) is 4.90 Å². The zero-order chi connectivity index (χ0) is 23.5. The molecule has 2 N–H and O–H groups in total. The molecule has 1 aliphatic heterocycles. The predicted molar refractivity (Wildman–Crippen MR) is 114 cm³/mol. The summed E-state index contributed by atoms with van der Waals surface area (Å²) in [4.78, 5) is 37.9. The van der Waals surface area contributed by atoms with E-state index in [-0.39, 0.29) is 48.9 Å². The number of rotatable bonds is 6. The maximum Gasteiger partial charge on any atom is 0.414 e. The minimum atomic E-state index is -1.04. The molecule has 0 saturated heterocycles. The van der Waals surface area contributed by atoms with Crippen molar-refractivity contribution in [1.82, 2.24) is 5.32 Å². The van der Waals surface area contributed by atoms with Gasteiger partial charge in [-0.15, -0.1) is 0 Å². The second-order valence-corrected chi connectivity index (χ2v) is 8.36. The van der Waals surface area contributed by atoms with Crippen LogP contribution in [0.1, 0.15) is 49.3 Å².